The molecule has 8 nitrogen and oxygen atoms in total. The second kappa shape index (κ2) is 16.5. The highest BCUT2D eigenvalue weighted by Gasteiger charge is 2.38. The second-order valence-corrected chi connectivity index (χ2v) is 12.3. The maximum Gasteiger partial charge on any atom is 0.408 e. The van der Waals surface area contributed by atoms with Gasteiger partial charge >= 0.3 is 6.09 Å². The molecule has 0 aliphatic heterocycles. The summed E-state index contributed by atoms with van der Waals surface area (Å²) in [6.45, 7) is 11.8. The number of hydrogen-bond donors (Lipinski definition) is 3. The van der Waals surface area contributed by atoms with Gasteiger partial charge in [-0.2, -0.15) is 0 Å². The van der Waals surface area contributed by atoms with Crippen molar-refractivity contribution in [2.24, 2.45) is 5.92 Å². The van der Waals surface area contributed by atoms with E-state index < -0.39 is 23.8 Å². The lowest BCUT2D eigenvalue weighted by Crippen LogP contribution is -2.56. The molecule has 1 aliphatic carbocycles. The van der Waals surface area contributed by atoms with Gasteiger partial charge in [-0.25, -0.2) is 4.79 Å². The molecule has 3 N–H and O–H groups in total. The minimum atomic E-state index is -0.931. The van der Waals surface area contributed by atoms with Gasteiger partial charge in [0, 0.05) is 12.6 Å². The van der Waals surface area contributed by atoms with Crippen molar-refractivity contribution in [1.82, 2.24) is 15.5 Å². The lowest BCUT2D eigenvalue weighted by atomic mass is 9.93. The van der Waals surface area contributed by atoms with Crippen LogP contribution in [-0.4, -0.2) is 52.1 Å². The Morgan fingerprint density at radius 1 is 1.05 bits per heavy atom. The van der Waals surface area contributed by atoms with E-state index in [0.29, 0.717) is 18.5 Å². The quantitative estimate of drug-likeness (QED) is 0.222. The Balaban J connectivity index is 2.47. The number of carbonyl (C=O) groups is 3. The predicted octanol–water partition coefficient (Wildman–Crippen LogP) is 6.62. The SMILES string of the molecule is CCCCCCCN(C(=O)C(NC(=O)OC(C)(C)C)C(C)CC)C(C(=O)NC1CCCCC1)c1cccc(O)c1. The fourth-order valence-corrected chi connectivity index (χ4v) is 5.24. The molecule has 1 aromatic rings. The molecule has 0 spiro atoms. The van der Waals surface area contributed by atoms with Gasteiger partial charge < -0.3 is 25.4 Å². The zero-order valence-electron chi connectivity index (χ0n) is 25.6. The molecule has 40 heavy (non-hydrogen) atoms. The summed E-state index contributed by atoms with van der Waals surface area (Å²) in [5, 5.41) is 16.3. The third kappa shape index (κ3) is 11.0. The van der Waals surface area contributed by atoms with Crippen molar-refractivity contribution in [3.63, 3.8) is 0 Å². The highest BCUT2D eigenvalue weighted by atomic mass is 16.6. The number of rotatable bonds is 14. The third-order valence-electron chi connectivity index (χ3n) is 7.63. The van der Waals surface area contributed by atoms with E-state index in [2.05, 4.69) is 17.6 Å². The molecule has 1 aliphatic rings. The van der Waals surface area contributed by atoms with Crippen LogP contribution in [0.4, 0.5) is 4.79 Å². The molecule has 226 valence electrons. The van der Waals surface area contributed by atoms with Crippen LogP contribution in [-0.2, 0) is 14.3 Å². The molecular formula is C32H53N3O5. The fourth-order valence-electron chi connectivity index (χ4n) is 5.24. The highest BCUT2D eigenvalue weighted by Crippen LogP contribution is 2.29. The van der Waals surface area contributed by atoms with Gasteiger partial charge in [0.25, 0.3) is 0 Å². The van der Waals surface area contributed by atoms with Gasteiger partial charge in [0.1, 0.15) is 23.4 Å². The fraction of sp³-hybridized carbons (Fsp3) is 0.719. The topological polar surface area (TPSA) is 108 Å². The molecule has 3 unspecified atom stereocenters. The molecule has 0 saturated heterocycles. The normalized spacial score (nSPS) is 16.4. The molecule has 0 bridgehead atoms. The lowest BCUT2D eigenvalue weighted by Gasteiger charge is -2.37. The van der Waals surface area contributed by atoms with E-state index in [1.807, 2.05) is 13.8 Å². The molecule has 3 atom stereocenters. The summed E-state index contributed by atoms with van der Waals surface area (Å²) >= 11 is 0. The molecular weight excluding hydrogens is 506 g/mol. The molecule has 0 heterocycles. The minimum Gasteiger partial charge on any atom is -0.508 e. The van der Waals surface area contributed by atoms with E-state index >= 15 is 0 Å². The zero-order valence-corrected chi connectivity index (χ0v) is 25.6. The van der Waals surface area contributed by atoms with E-state index in [1.165, 1.54) is 0 Å². The Bertz CT molecular complexity index is 939. The van der Waals surface area contributed by atoms with E-state index in [9.17, 15) is 19.5 Å². The first-order valence-electron chi connectivity index (χ1n) is 15.4. The number of alkyl carbamates (subject to hydrolysis) is 1. The number of phenolic OH excluding ortho intramolecular Hbond substituents is 1. The number of benzene rings is 1. The number of ether oxygens (including phenoxy) is 1. The Hall–Kier alpha value is -2.77. The number of nitrogens with zero attached hydrogens (tertiary/aromatic N) is 1. The first kappa shape index (κ1) is 33.4. The molecule has 3 amide bonds. The maximum atomic E-state index is 14.4. The van der Waals surface area contributed by atoms with E-state index in [1.54, 1.807) is 49.9 Å². The van der Waals surface area contributed by atoms with Crippen LogP contribution in [0.15, 0.2) is 24.3 Å². The standard InChI is InChI=1S/C32H53N3O5/c1-7-9-10-11-15-21-35(30(38)27(23(3)8-2)34-31(39)40-32(4,5)6)28(24-17-16-20-26(36)22-24)29(37)33-25-18-13-12-14-19-25/h16-17,20,22-23,25,27-28,36H,7-15,18-19,21H2,1-6H3,(H,33,37)(H,34,39). The number of phenols is 1. The first-order valence-corrected chi connectivity index (χ1v) is 15.4. The van der Waals surface area contributed by atoms with Gasteiger partial charge in [-0.3, -0.25) is 9.59 Å². The van der Waals surface area contributed by atoms with Gasteiger partial charge in [-0.1, -0.05) is 84.3 Å². The average molecular weight is 560 g/mol. The summed E-state index contributed by atoms with van der Waals surface area (Å²) in [6.07, 6.45) is 10.1. The van der Waals surface area contributed by atoms with Crippen LogP contribution in [0.5, 0.6) is 5.75 Å². The number of aromatic hydroxyl groups is 1. The summed E-state index contributed by atoms with van der Waals surface area (Å²) in [7, 11) is 0. The second-order valence-electron chi connectivity index (χ2n) is 12.3. The van der Waals surface area contributed by atoms with Crippen LogP contribution in [0.3, 0.4) is 0 Å². The molecule has 0 radical (unpaired) electrons. The van der Waals surface area contributed by atoms with Gasteiger partial charge in [0.05, 0.1) is 0 Å². The summed E-state index contributed by atoms with van der Waals surface area (Å²) in [4.78, 5) is 42.8. The largest absolute Gasteiger partial charge is 0.508 e. The van der Waals surface area contributed by atoms with Gasteiger partial charge in [-0.15, -0.1) is 0 Å². The molecule has 1 fully saturated rings. The number of amides is 3. The minimum absolute atomic E-state index is 0.0358. The number of nitrogens with one attached hydrogen (secondary N) is 2. The van der Waals surface area contributed by atoms with Crippen LogP contribution >= 0.6 is 0 Å². The van der Waals surface area contributed by atoms with E-state index in [0.717, 1.165) is 64.2 Å². The highest BCUT2D eigenvalue weighted by molar-refractivity contribution is 5.92. The number of unbranched alkanes of at least 4 members (excludes halogenated alkanes) is 4. The van der Waals surface area contributed by atoms with Crippen molar-refractivity contribution in [2.45, 2.75) is 136 Å². The van der Waals surface area contributed by atoms with Gasteiger partial charge in [-0.05, 0) is 63.6 Å². The zero-order chi connectivity index (χ0) is 29.7. The smallest absolute Gasteiger partial charge is 0.408 e. The summed E-state index contributed by atoms with van der Waals surface area (Å²) < 4.78 is 5.49. The molecule has 8 heteroatoms. The first-order chi connectivity index (χ1) is 19.0. The van der Waals surface area contributed by atoms with E-state index in [-0.39, 0.29) is 29.5 Å². The van der Waals surface area contributed by atoms with Crippen molar-refractivity contribution in [3.05, 3.63) is 29.8 Å². The Morgan fingerprint density at radius 2 is 1.73 bits per heavy atom. The maximum absolute atomic E-state index is 14.4. The average Bonchev–Trinajstić information content (AvgIpc) is 2.89. The van der Waals surface area contributed by atoms with Crippen LogP contribution in [0, 0.1) is 5.92 Å². The third-order valence-corrected chi connectivity index (χ3v) is 7.63. The lowest BCUT2D eigenvalue weighted by molar-refractivity contribution is -0.144. The monoisotopic (exact) mass is 559 g/mol. The summed E-state index contributed by atoms with van der Waals surface area (Å²) in [6, 6.07) is 4.86. The molecule has 1 aromatic carbocycles. The predicted molar refractivity (Wildman–Crippen MR) is 159 cm³/mol. The van der Waals surface area contributed by atoms with Crippen LogP contribution in [0.25, 0.3) is 0 Å². The molecule has 1 saturated carbocycles. The summed E-state index contributed by atoms with van der Waals surface area (Å²) in [5.74, 6) is -0.718. The van der Waals surface area contributed by atoms with Crippen molar-refractivity contribution in [3.8, 4) is 5.75 Å². The van der Waals surface area contributed by atoms with Crippen LogP contribution < -0.4 is 10.6 Å². The van der Waals surface area contributed by atoms with Crippen molar-refractivity contribution < 1.29 is 24.2 Å². The Morgan fingerprint density at radius 3 is 2.33 bits per heavy atom. The van der Waals surface area contributed by atoms with Crippen molar-refractivity contribution >= 4 is 17.9 Å². The van der Waals surface area contributed by atoms with Gasteiger partial charge in [0.15, 0.2) is 0 Å². The Labute approximate surface area is 241 Å². The molecule has 2 rings (SSSR count). The number of hydrogen-bond acceptors (Lipinski definition) is 5. The van der Waals surface area contributed by atoms with Crippen molar-refractivity contribution in [2.75, 3.05) is 6.54 Å². The van der Waals surface area contributed by atoms with Crippen LogP contribution in [0.1, 0.15) is 124 Å². The van der Waals surface area contributed by atoms with E-state index in [4.69, 9.17) is 4.74 Å². The molecule has 0 aromatic heterocycles. The number of carbonyl (C=O) groups excluding carboxylic acids is 3. The van der Waals surface area contributed by atoms with Crippen LogP contribution in [0.2, 0.25) is 0 Å². The van der Waals surface area contributed by atoms with Crippen molar-refractivity contribution in [1.29, 1.82) is 0 Å². The van der Waals surface area contributed by atoms with Gasteiger partial charge in [0.2, 0.25) is 11.8 Å². The summed E-state index contributed by atoms with van der Waals surface area (Å²) in [5.41, 5.74) is -0.161. The Kier molecular flexibility index (Phi) is 13.8.